The van der Waals surface area contributed by atoms with Crippen LogP contribution in [0.4, 0.5) is 0 Å². The fourth-order valence-corrected chi connectivity index (χ4v) is 1.13. The molecule has 0 aromatic rings. The Morgan fingerprint density at radius 2 is 2.00 bits per heavy atom. The number of ether oxygens (including phenoxy) is 1. The van der Waals surface area contributed by atoms with Crippen LogP contribution >= 0.6 is 23.2 Å². The Hall–Kier alpha value is 0.0500. The van der Waals surface area contributed by atoms with Crippen LogP contribution in [0, 0.1) is 0 Å². The van der Waals surface area contributed by atoms with Crippen LogP contribution in [0.5, 0.6) is 0 Å². The van der Waals surface area contributed by atoms with E-state index in [1.54, 1.807) is 0 Å². The van der Waals surface area contributed by atoms with Crippen molar-refractivity contribution < 1.29 is 9.53 Å². The van der Waals surface area contributed by atoms with Crippen LogP contribution < -0.4 is 0 Å². The van der Waals surface area contributed by atoms with Crippen LogP contribution in [0.3, 0.4) is 0 Å². The molecule has 0 spiro atoms. The molecule has 0 aliphatic heterocycles. The molecule has 0 fully saturated rings. The van der Waals surface area contributed by atoms with E-state index in [-0.39, 0.29) is 23.8 Å². The van der Waals surface area contributed by atoms with Crippen LogP contribution in [-0.2, 0) is 9.53 Å². The van der Waals surface area contributed by atoms with Crippen molar-refractivity contribution >= 4 is 29.2 Å². The molecule has 0 aromatic carbocycles. The van der Waals surface area contributed by atoms with Gasteiger partial charge in [-0.25, -0.2) is 0 Å². The lowest BCUT2D eigenvalue weighted by molar-refractivity contribution is -0.147. The van der Waals surface area contributed by atoms with E-state index < -0.39 is 0 Å². The van der Waals surface area contributed by atoms with Crippen molar-refractivity contribution in [2.45, 2.75) is 32.3 Å². The molecule has 0 saturated heterocycles. The predicted molar refractivity (Wildman–Crippen MR) is 50.8 cm³/mol. The second-order valence-corrected chi connectivity index (χ2v) is 3.14. The van der Waals surface area contributed by atoms with Gasteiger partial charge in [-0.05, 0) is 6.42 Å². The largest absolute Gasteiger partial charge is 0.460 e. The normalized spacial score (nSPS) is 10.3. The highest BCUT2D eigenvalue weighted by Crippen LogP contribution is 2.03. The lowest BCUT2D eigenvalue weighted by Gasteiger charge is -2.11. The van der Waals surface area contributed by atoms with E-state index in [1.807, 2.05) is 6.92 Å². The second kappa shape index (κ2) is 7.69. The number of hydrogen-bond donors (Lipinski definition) is 0. The van der Waals surface area contributed by atoms with Gasteiger partial charge in [0.25, 0.3) is 0 Å². The molecule has 0 bridgehead atoms. The zero-order chi connectivity index (χ0) is 9.40. The molecule has 0 radical (unpaired) electrons. The fraction of sp³-hybridized carbons (Fsp3) is 0.875. The number of carbonyl (C=O) groups excluding carboxylic acids is 1. The Bertz CT molecular complexity index is 124. The quantitative estimate of drug-likeness (QED) is 0.500. The van der Waals surface area contributed by atoms with Crippen molar-refractivity contribution in [3.8, 4) is 0 Å². The molecule has 2 nitrogen and oxygen atoms in total. The van der Waals surface area contributed by atoms with Crippen LogP contribution in [0.2, 0.25) is 0 Å². The van der Waals surface area contributed by atoms with Gasteiger partial charge >= 0.3 is 5.97 Å². The third kappa shape index (κ3) is 5.67. The Morgan fingerprint density at radius 3 is 2.42 bits per heavy atom. The molecule has 4 heteroatoms. The van der Waals surface area contributed by atoms with Crippen molar-refractivity contribution in [2.24, 2.45) is 0 Å². The first-order valence-electron chi connectivity index (χ1n) is 4.06. The van der Waals surface area contributed by atoms with Gasteiger partial charge in [-0.15, -0.1) is 23.2 Å². The molecule has 0 aliphatic rings. The van der Waals surface area contributed by atoms with Gasteiger partial charge in [-0.1, -0.05) is 13.3 Å². The maximum absolute atomic E-state index is 11.0. The zero-order valence-corrected chi connectivity index (χ0v) is 8.70. The molecular weight excluding hydrogens is 199 g/mol. The lowest BCUT2D eigenvalue weighted by Crippen LogP contribution is -2.21. The molecule has 0 rings (SSSR count). The summed E-state index contributed by atoms with van der Waals surface area (Å²) in [6.07, 6.45) is 1.97. The van der Waals surface area contributed by atoms with Crippen molar-refractivity contribution in [2.75, 3.05) is 11.8 Å². The second-order valence-electron chi connectivity index (χ2n) is 2.52. The average molecular weight is 213 g/mol. The summed E-state index contributed by atoms with van der Waals surface area (Å²) in [6, 6.07) is 0. The third-order valence-electron chi connectivity index (χ3n) is 1.38. The molecule has 0 amide bonds. The minimum atomic E-state index is -0.335. The molecule has 72 valence electrons. The Kier molecular flexibility index (Phi) is 7.72. The van der Waals surface area contributed by atoms with Gasteiger partial charge in [0, 0.05) is 6.42 Å². The van der Waals surface area contributed by atoms with Gasteiger partial charge in [0.05, 0.1) is 11.8 Å². The first-order chi connectivity index (χ1) is 5.74. The molecular formula is C8H14Cl2O2. The van der Waals surface area contributed by atoms with Crippen molar-refractivity contribution in [1.29, 1.82) is 0 Å². The van der Waals surface area contributed by atoms with E-state index in [0.717, 1.165) is 12.8 Å². The number of carbonyl (C=O) groups is 1. The molecule has 0 heterocycles. The first kappa shape index (κ1) is 12.0. The number of unbranched alkanes of at least 4 members (excludes halogenated alkanes) is 1. The average Bonchev–Trinajstić information content (AvgIpc) is 2.10. The molecule has 12 heavy (non-hydrogen) atoms. The number of rotatable bonds is 6. The summed E-state index contributed by atoms with van der Waals surface area (Å²) in [5, 5.41) is 0. The smallest absolute Gasteiger partial charge is 0.306 e. The predicted octanol–water partition coefficient (Wildman–Crippen LogP) is 2.57. The molecule has 0 unspecified atom stereocenters. The van der Waals surface area contributed by atoms with Gasteiger partial charge in [0.1, 0.15) is 6.10 Å². The highest BCUT2D eigenvalue weighted by molar-refractivity contribution is 6.21. The molecule has 0 aliphatic carbocycles. The SMILES string of the molecule is CCCCC(=O)OC(CCl)CCl. The lowest BCUT2D eigenvalue weighted by atomic mass is 10.2. The highest BCUT2D eigenvalue weighted by atomic mass is 35.5. The molecule has 0 N–H and O–H groups in total. The van der Waals surface area contributed by atoms with E-state index >= 15 is 0 Å². The van der Waals surface area contributed by atoms with Gasteiger partial charge in [-0.3, -0.25) is 4.79 Å². The van der Waals surface area contributed by atoms with Gasteiger partial charge < -0.3 is 4.74 Å². The first-order valence-corrected chi connectivity index (χ1v) is 5.12. The van der Waals surface area contributed by atoms with Crippen LogP contribution in [0.25, 0.3) is 0 Å². The summed E-state index contributed by atoms with van der Waals surface area (Å²) in [4.78, 5) is 11.0. The monoisotopic (exact) mass is 212 g/mol. The summed E-state index contributed by atoms with van der Waals surface area (Å²) in [7, 11) is 0. The highest BCUT2D eigenvalue weighted by Gasteiger charge is 2.10. The third-order valence-corrected chi connectivity index (χ3v) is 2.07. The standard InChI is InChI=1S/C8H14Cl2O2/c1-2-3-4-8(11)12-7(5-9)6-10/h7H,2-6H2,1H3. The molecule has 0 aromatic heterocycles. The number of alkyl halides is 2. The summed E-state index contributed by atoms with van der Waals surface area (Å²) in [5.41, 5.74) is 0. The fourth-order valence-electron chi connectivity index (χ4n) is 0.670. The summed E-state index contributed by atoms with van der Waals surface area (Å²) >= 11 is 11.0. The summed E-state index contributed by atoms with van der Waals surface area (Å²) in [5.74, 6) is 0.325. The maximum Gasteiger partial charge on any atom is 0.306 e. The molecule has 0 atom stereocenters. The Labute approximate surface area is 83.2 Å². The van der Waals surface area contributed by atoms with Gasteiger partial charge in [0.15, 0.2) is 0 Å². The van der Waals surface area contributed by atoms with Crippen LogP contribution in [0.15, 0.2) is 0 Å². The van der Waals surface area contributed by atoms with E-state index in [0.29, 0.717) is 6.42 Å². The van der Waals surface area contributed by atoms with Crippen LogP contribution in [0.1, 0.15) is 26.2 Å². The Morgan fingerprint density at radius 1 is 1.42 bits per heavy atom. The van der Waals surface area contributed by atoms with Crippen LogP contribution in [-0.4, -0.2) is 23.8 Å². The molecule has 0 saturated carbocycles. The van der Waals surface area contributed by atoms with E-state index in [9.17, 15) is 4.79 Å². The number of esters is 1. The van der Waals surface area contributed by atoms with Gasteiger partial charge in [0.2, 0.25) is 0 Å². The number of hydrogen-bond acceptors (Lipinski definition) is 2. The van der Waals surface area contributed by atoms with E-state index in [2.05, 4.69) is 0 Å². The summed E-state index contributed by atoms with van der Waals surface area (Å²) < 4.78 is 4.95. The van der Waals surface area contributed by atoms with E-state index in [1.165, 1.54) is 0 Å². The number of halogens is 2. The van der Waals surface area contributed by atoms with E-state index in [4.69, 9.17) is 27.9 Å². The minimum absolute atomic E-state index is 0.205. The Balaban J connectivity index is 3.52. The van der Waals surface area contributed by atoms with Crippen molar-refractivity contribution in [1.82, 2.24) is 0 Å². The zero-order valence-electron chi connectivity index (χ0n) is 7.19. The summed E-state index contributed by atoms with van der Waals surface area (Å²) in [6.45, 7) is 2.02. The van der Waals surface area contributed by atoms with Gasteiger partial charge in [-0.2, -0.15) is 0 Å². The topological polar surface area (TPSA) is 26.3 Å². The minimum Gasteiger partial charge on any atom is -0.460 e. The maximum atomic E-state index is 11.0. The van der Waals surface area contributed by atoms with Crippen molar-refractivity contribution in [3.05, 3.63) is 0 Å². The van der Waals surface area contributed by atoms with Crippen molar-refractivity contribution in [3.63, 3.8) is 0 Å².